The summed E-state index contributed by atoms with van der Waals surface area (Å²) in [6.07, 6.45) is 5.94. The van der Waals surface area contributed by atoms with Gasteiger partial charge in [-0.05, 0) is 70.6 Å². The largest absolute Gasteiger partial charge is 0.435 e. The second-order valence-electron chi connectivity index (χ2n) is 14.8. The topological polar surface area (TPSA) is 65.0 Å². The van der Waals surface area contributed by atoms with Crippen molar-refractivity contribution in [2.45, 2.75) is 130 Å². The molecule has 0 amide bonds. The van der Waals surface area contributed by atoms with Crippen LogP contribution in [0.4, 0.5) is 0 Å². The van der Waals surface area contributed by atoms with Crippen LogP contribution in [0.1, 0.15) is 131 Å². The smallest absolute Gasteiger partial charge is 0.256 e. The van der Waals surface area contributed by atoms with E-state index in [9.17, 15) is 0 Å². The molecule has 0 fully saturated rings. The highest BCUT2D eigenvalue weighted by Gasteiger charge is 2.31. The standard InChI is InChI=1S/C37H49N3O2S/c1-13-34(5,6)22-17-24(36(9,10)15-3)29-26(19-22)39-31(41-29)28-21-38-33(43-28)32-40-27-20-23(35(7,8)14-2)18-25(30(27)42-32)37(11,12)16-4/h17-21H,13-16H2,1-12H3. The van der Waals surface area contributed by atoms with E-state index >= 15 is 0 Å². The van der Waals surface area contributed by atoms with E-state index in [-0.39, 0.29) is 21.7 Å². The molecule has 3 aromatic heterocycles. The maximum Gasteiger partial charge on any atom is 0.256 e. The molecule has 0 aliphatic carbocycles. The molecule has 0 saturated carbocycles. The Morgan fingerprint density at radius 1 is 0.581 bits per heavy atom. The number of aromatic nitrogens is 3. The first-order chi connectivity index (χ1) is 20.1. The van der Waals surface area contributed by atoms with Crippen LogP contribution in [0.25, 0.3) is 43.9 Å². The van der Waals surface area contributed by atoms with E-state index in [0.717, 1.165) is 57.8 Å². The molecule has 0 saturated heterocycles. The Labute approximate surface area is 261 Å². The van der Waals surface area contributed by atoms with Gasteiger partial charge in [-0.3, -0.25) is 0 Å². The molecule has 0 N–H and O–H groups in total. The van der Waals surface area contributed by atoms with Gasteiger partial charge in [-0.2, -0.15) is 0 Å². The van der Waals surface area contributed by atoms with Crippen LogP contribution in [-0.2, 0) is 21.7 Å². The predicted octanol–water partition coefficient (Wildman–Crippen LogP) is 11.5. The third kappa shape index (κ3) is 5.56. The molecule has 230 valence electrons. The molecular formula is C37H49N3O2S. The van der Waals surface area contributed by atoms with Gasteiger partial charge < -0.3 is 8.83 Å². The van der Waals surface area contributed by atoms with E-state index in [0.29, 0.717) is 11.8 Å². The van der Waals surface area contributed by atoms with Crippen LogP contribution in [-0.4, -0.2) is 15.0 Å². The van der Waals surface area contributed by atoms with Crippen molar-refractivity contribution in [3.8, 4) is 21.7 Å². The fraction of sp³-hybridized carbons (Fsp3) is 0.541. The lowest BCUT2D eigenvalue weighted by atomic mass is 9.76. The Balaban J connectivity index is 1.62. The molecule has 43 heavy (non-hydrogen) atoms. The SMILES string of the molecule is CCC(C)(C)c1cc(C(C)(C)CC)c2oc(-c3cnc(-c4nc5cc(C(C)(C)CC)cc(C(C)(C)CC)c5o4)s3)nc2c1. The van der Waals surface area contributed by atoms with E-state index in [2.05, 4.69) is 107 Å². The quantitative estimate of drug-likeness (QED) is 0.160. The minimum absolute atomic E-state index is 0.0406. The van der Waals surface area contributed by atoms with Gasteiger partial charge in [0.25, 0.3) is 5.89 Å². The number of rotatable bonds is 10. The lowest BCUT2D eigenvalue weighted by Gasteiger charge is -2.28. The van der Waals surface area contributed by atoms with Crippen molar-refractivity contribution < 1.29 is 8.83 Å². The first-order valence-corrected chi connectivity index (χ1v) is 16.8. The van der Waals surface area contributed by atoms with Crippen LogP contribution in [0.2, 0.25) is 0 Å². The van der Waals surface area contributed by atoms with Crippen molar-refractivity contribution in [3.63, 3.8) is 0 Å². The summed E-state index contributed by atoms with van der Waals surface area (Å²) in [5.41, 5.74) is 8.53. The van der Waals surface area contributed by atoms with E-state index in [1.54, 1.807) is 0 Å². The minimum atomic E-state index is -0.0453. The first-order valence-electron chi connectivity index (χ1n) is 15.9. The molecule has 3 heterocycles. The van der Waals surface area contributed by atoms with Gasteiger partial charge in [0.1, 0.15) is 15.9 Å². The summed E-state index contributed by atoms with van der Waals surface area (Å²) in [5, 5.41) is 0.729. The van der Waals surface area contributed by atoms with Crippen LogP contribution in [0.3, 0.4) is 0 Å². The fourth-order valence-corrected chi connectivity index (χ4v) is 6.08. The highest BCUT2D eigenvalue weighted by atomic mass is 32.1. The molecule has 0 bridgehead atoms. The summed E-state index contributed by atoms with van der Waals surface area (Å²) < 4.78 is 13.0. The van der Waals surface area contributed by atoms with Gasteiger partial charge >= 0.3 is 0 Å². The van der Waals surface area contributed by atoms with Gasteiger partial charge in [-0.15, -0.1) is 11.3 Å². The molecule has 2 aromatic carbocycles. The first kappa shape index (κ1) is 31.4. The summed E-state index contributed by atoms with van der Waals surface area (Å²) in [7, 11) is 0. The van der Waals surface area contributed by atoms with Crippen molar-refractivity contribution in [2.24, 2.45) is 0 Å². The van der Waals surface area contributed by atoms with Gasteiger partial charge in [-0.1, -0.05) is 95.2 Å². The zero-order valence-corrected chi connectivity index (χ0v) is 29.1. The third-order valence-corrected chi connectivity index (χ3v) is 11.4. The summed E-state index contributed by atoms with van der Waals surface area (Å²) in [4.78, 5) is 15.6. The second kappa shape index (κ2) is 10.9. The maximum absolute atomic E-state index is 6.54. The summed E-state index contributed by atoms with van der Waals surface area (Å²) in [5.74, 6) is 1.14. The lowest BCUT2D eigenvalue weighted by molar-refractivity contribution is 0.484. The monoisotopic (exact) mass is 599 g/mol. The highest BCUT2D eigenvalue weighted by molar-refractivity contribution is 7.18. The normalized spacial score (nSPS) is 13.5. The number of oxazole rings is 2. The van der Waals surface area contributed by atoms with Gasteiger partial charge in [0, 0.05) is 11.1 Å². The Morgan fingerprint density at radius 3 is 1.44 bits per heavy atom. The van der Waals surface area contributed by atoms with Crippen molar-refractivity contribution in [2.75, 3.05) is 0 Å². The number of benzene rings is 2. The zero-order valence-electron chi connectivity index (χ0n) is 28.3. The molecule has 0 spiro atoms. The minimum Gasteiger partial charge on any atom is -0.435 e. The van der Waals surface area contributed by atoms with Crippen LogP contribution in [0, 0.1) is 0 Å². The Bertz CT molecular complexity index is 1650. The van der Waals surface area contributed by atoms with Crippen molar-refractivity contribution in [3.05, 3.63) is 52.7 Å². The molecule has 5 aromatic rings. The fourth-order valence-electron chi connectivity index (χ4n) is 5.31. The second-order valence-corrected chi connectivity index (χ2v) is 15.8. The number of hydrogen-bond acceptors (Lipinski definition) is 6. The van der Waals surface area contributed by atoms with E-state index in [4.69, 9.17) is 23.8 Å². The molecular weight excluding hydrogens is 550 g/mol. The van der Waals surface area contributed by atoms with Gasteiger partial charge in [0.15, 0.2) is 16.2 Å². The van der Waals surface area contributed by atoms with E-state index < -0.39 is 0 Å². The van der Waals surface area contributed by atoms with E-state index in [1.165, 1.54) is 33.6 Å². The van der Waals surface area contributed by atoms with Crippen molar-refractivity contribution >= 4 is 33.5 Å². The Morgan fingerprint density at radius 2 is 1.00 bits per heavy atom. The molecule has 0 aliphatic rings. The van der Waals surface area contributed by atoms with Crippen LogP contribution >= 0.6 is 11.3 Å². The average Bonchev–Trinajstić information content (AvgIpc) is 3.73. The summed E-state index contributed by atoms with van der Waals surface area (Å²) in [6, 6.07) is 9.07. The van der Waals surface area contributed by atoms with Crippen molar-refractivity contribution in [1.82, 2.24) is 15.0 Å². The predicted molar refractivity (Wildman–Crippen MR) is 181 cm³/mol. The number of fused-ring (bicyclic) bond motifs is 2. The van der Waals surface area contributed by atoms with Gasteiger partial charge in [-0.25, -0.2) is 15.0 Å². The Hall–Kier alpha value is -2.99. The third-order valence-electron chi connectivity index (χ3n) is 10.4. The lowest BCUT2D eigenvalue weighted by Crippen LogP contribution is -2.20. The van der Waals surface area contributed by atoms with Crippen LogP contribution < -0.4 is 0 Å². The van der Waals surface area contributed by atoms with Crippen molar-refractivity contribution in [1.29, 1.82) is 0 Å². The molecule has 6 heteroatoms. The highest BCUT2D eigenvalue weighted by Crippen LogP contribution is 2.43. The van der Waals surface area contributed by atoms with E-state index in [1.807, 2.05) is 6.20 Å². The summed E-state index contributed by atoms with van der Waals surface area (Å²) >= 11 is 1.51. The number of hydrogen-bond donors (Lipinski definition) is 0. The zero-order chi connectivity index (χ0) is 31.5. The Kier molecular flexibility index (Phi) is 7.95. The molecule has 0 atom stereocenters. The van der Waals surface area contributed by atoms with Gasteiger partial charge in [0.2, 0.25) is 5.89 Å². The number of nitrogens with zero attached hydrogens (tertiary/aromatic N) is 3. The number of thiazole rings is 1. The molecule has 5 nitrogen and oxygen atoms in total. The van der Waals surface area contributed by atoms with Gasteiger partial charge in [0.05, 0.1) is 6.20 Å². The average molecular weight is 600 g/mol. The molecule has 5 rings (SSSR count). The molecule has 0 radical (unpaired) electrons. The van der Waals surface area contributed by atoms with Crippen LogP contribution in [0.5, 0.6) is 0 Å². The molecule has 0 unspecified atom stereocenters. The van der Waals surface area contributed by atoms with Crippen LogP contribution in [0.15, 0.2) is 39.3 Å². The summed E-state index contributed by atoms with van der Waals surface area (Å²) in [6.45, 7) is 27.3. The maximum atomic E-state index is 6.54. The molecule has 0 aliphatic heterocycles.